The van der Waals surface area contributed by atoms with Gasteiger partial charge in [0.1, 0.15) is 0 Å². The van der Waals surface area contributed by atoms with Crippen LogP contribution >= 0.6 is 11.8 Å². The van der Waals surface area contributed by atoms with Crippen molar-refractivity contribution >= 4 is 22.7 Å². The number of aromatic nitrogens is 2. The first-order valence-electron chi connectivity index (χ1n) is 7.87. The number of rotatable bonds is 6. The van der Waals surface area contributed by atoms with E-state index in [9.17, 15) is 4.79 Å². The molecule has 124 valence electrons. The highest BCUT2D eigenvalue weighted by molar-refractivity contribution is 7.98. The summed E-state index contributed by atoms with van der Waals surface area (Å²) < 4.78 is 7.00. The van der Waals surface area contributed by atoms with Gasteiger partial charge < -0.3 is 4.74 Å². The Balaban J connectivity index is 2.03. The lowest BCUT2D eigenvalue weighted by atomic mass is 10.2. The average molecular weight is 340 g/mol. The van der Waals surface area contributed by atoms with Gasteiger partial charge in [0.2, 0.25) is 0 Å². The minimum Gasteiger partial charge on any atom is -0.383 e. The summed E-state index contributed by atoms with van der Waals surface area (Å²) in [5, 5.41) is 1.37. The third kappa shape index (κ3) is 3.52. The van der Waals surface area contributed by atoms with E-state index in [0.717, 1.165) is 16.4 Å². The molecular weight excluding hydrogens is 320 g/mol. The summed E-state index contributed by atoms with van der Waals surface area (Å²) in [7, 11) is 1.65. The number of para-hydroxylation sites is 1. The second-order valence-electron chi connectivity index (χ2n) is 5.67. The van der Waals surface area contributed by atoms with Crippen LogP contribution in [0.15, 0.2) is 64.5 Å². The van der Waals surface area contributed by atoms with E-state index in [1.165, 1.54) is 5.56 Å². The molecule has 5 heteroatoms. The molecule has 1 unspecified atom stereocenters. The molecule has 0 bridgehead atoms. The molecule has 0 N–H and O–H groups in total. The van der Waals surface area contributed by atoms with Crippen molar-refractivity contribution in [1.29, 1.82) is 0 Å². The van der Waals surface area contributed by atoms with Crippen molar-refractivity contribution in [2.45, 2.75) is 23.9 Å². The lowest BCUT2D eigenvalue weighted by molar-refractivity contribution is 0.156. The average Bonchev–Trinajstić information content (AvgIpc) is 2.61. The number of ether oxygens (including phenoxy) is 1. The molecule has 0 saturated heterocycles. The van der Waals surface area contributed by atoms with E-state index in [2.05, 4.69) is 12.1 Å². The molecule has 0 radical (unpaired) electrons. The minimum atomic E-state index is -0.0714. The van der Waals surface area contributed by atoms with Gasteiger partial charge in [-0.2, -0.15) is 0 Å². The normalized spacial score (nSPS) is 12.4. The second kappa shape index (κ2) is 7.64. The van der Waals surface area contributed by atoms with Gasteiger partial charge in [-0.05, 0) is 24.6 Å². The molecule has 3 aromatic rings. The first-order valence-corrected chi connectivity index (χ1v) is 8.86. The van der Waals surface area contributed by atoms with Crippen LogP contribution in [0, 0.1) is 0 Å². The molecule has 2 aromatic carbocycles. The van der Waals surface area contributed by atoms with Gasteiger partial charge >= 0.3 is 0 Å². The van der Waals surface area contributed by atoms with E-state index in [1.54, 1.807) is 23.4 Å². The minimum absolute atomic E-state index is 0.0132. The van der Waals surface area contributed by atoms with Crippen molar-refractivity contribution in [3.63, 3.8) is 0 Å². The van der Waals surface area contributed by atoms with Crippen molar-refractivity contribution in [2.24, 2.45) is 0 Å². The van der Waals surface area contributed by atoms with Gasteiger partial charge in [0.25, 0.3) is 5.56 Å². The summed E-state index contributed by atoms with van der Waals surface area (Å²) in [6, 6.07) is 17.6. The molecule has 0 fully saturated rings. The highest BCUT2D eigenvalue weighted by Gasteiger charge is 2.16. The highest BCUT2D eigenvalue weighted by atomic mass is 32.2. The lowest BCUT2D eigenvalue weighted by Crippen LogP contribution is -2.28. The summed E-state index contributed by atoms with van der Waals surface area (Å²) in [6.07, 6.45) is 0. The molecule has 3 rings (SSSR count). The summed E-state index contributed by atoms with van der Waals surface area (Å²) in [5.41, 5.74) is 1.93. The summed E-state index contributed by atoms with van der Waals surface area (Å²) in [4.78, 5) is 17.7. The Morgan fingerprint density at radius 3 is 2.58 bits per heavy atom. The number of hydrogen-bond acceptors (Lipinski definition) is 4. The predicted molar refractivity (Wildman–Crippen MR) is 98.6 cm³/mol. The Morgan fingerprint density at radius 2 is 1.83 bits per heavy atom. The Bertz CT molecular complexity index is 877. The van der Waals surface area contributed by atoms with Crippen LogP contribution < -0.4 is 5.56 Å². The van der Waals surface area contributed by atoms with E-state index in [4.69, 9.17) is 9.72 Å². The zero-order chi connectivity index (χ0) is 16.9. The molecule has 0 spiro atoms. The largest absolute Gasteiger partial charge is 0.383 e. The smallest absolute Gasteiger partial charge is 0.262 e. The quantitative estimate of drug-likeness (QED) is 0.504. The van der Waals surface area contributed by atoms with Crippen LogP contribution in [0.5, 0.6) is 0 Å². The number of hydrogen-bond donors (Lipinski definition) is 0. The topological polar surface area (TPSA) is 44.1 Å². The van der Waals surface area contributed by atoms with Crippen LogP contribution in [0.2, 0.25) is 0 Å². The molecule has 0 amide bonds. The Morgan fingerprint density at radius 1 is 1.12 bits per heavy atom. The van der Waals surface area contributed by atoms with Crippen LogP contribution in [0.3, 0.4) is 0 Å². The Hall–Kier alpha value is -2.11. The zero-order valence-corrected chi connectivity index (χ0v) is 14.6. The number of fused-ring (bicyclic) bond motifs is 1. The summed E-state index contributed by atoms with van der Waals surface area (Å²) in [5.74, 6) is 0.769. The zero-order valence-electron chi connectivity index (χ0n) is 13.8. The molecule has 0 saturated carbocycles. The first kappa shape index (κ1) is 16.7. The highest BCUT2D eigenvalue weighted by Crippen LogP contribution is 2.24. The number of methoxy groups -OCH3 is 1. The van der Waals surface area contributed by atoms with E-state index in [1.807, 2.05) is 49.4 Å². The third-order valence-corrected chi connectivity index (χ3v) is 4.86. The monoisotopic (exact) mass is 340 g/mol. The van der Waals surface area contributed by atoms with E-state index < -0.39 is 0 Å². The first-order chi connectivity index (χ1) is 11.7. The number of thioether (sulfide) groups is 1. The SMILES string of the molecule is COCC(C)n1c(SCc2ccccc2)nc2ccccc2c1=O. The van der Waals surface area contributed by atoms with E-state index >= 15 is 0 Å². The van der Waals surface area contributed by atoms with Gasteiger partial charge in [0.15, 0.2) is 5.16 Å². The van der Waals surface area contributed by atoms with Crippen molar-refractivity contribution in [1.82, 2.24) is 9.55 Å². The Labute approximate surface area is 145 Å². The fraction of sp³-hybridized carbons (Fsp3) is 0.263. The third-order valence-electron chi connectivity index (χ3n) is 3.83. The molecule has 24 heavy (non-hydrogen) atoms. The summed E-state index contributed by atoms with van der Waals surface area (Å²) >= 11 is 1.58. The van der Waals surface area contributed by atoms with Crippen LogP contribution in [0.4, 0.5) is 0 Å². The molecular formula is C19H20N2O2S. The van der Waals surface area contributed by atoms with Crippen molar-refractivity contribution < 1.29 is 4.74 Å². The van der Waals surface area contributed by atoms with Gasteiger partial charge in [0, 0.05) is 12.9 Å². The second-order valence-corrected chi connectivity index (χ2v) is 6.61. The lowest BCUT2D eigenvalue weighted by Gasteiger charge is -2.18. The molecule has 1 aromatic heterocycles. The van der Waals surface area contributed by atoms with Gasteiger partial charge in [-0.15, -0.1) is 0 Å². The van der Waals surface area contributed by atoms with Crippen LogP contribution in [-0.4, -0.2) is 23.3 Å². The molecule has 0 aliphatic heterocycles. The maximum Gasteiger partial charge on any atom is 0.262 e. The molecule has 4 nitrogen and oxygen atoms in total. The van der Waals surface area contributed by atoms with E-state index in [0.29, 0.717) is 12.0 Å². The van der Waals surface area contributed by atoms with Crippen LogP contribution in [0.25, 0.3) is 10.9 Å². The Kier molecular flexibility index (Phi) is 5.33. The molecule has 0 aliphatic rings. The van der Waals surface area contributed by atoms with Gasteiger partial charge in [0.05, 0.1) is 23.6 Å². The fourth-order valence-corrected chi connectivity index (χ4v) is 3.71. The fourth-order valence-electron chi connectivity index (χ4n) is 2.65. The van der Waals surface area contributed by atoms with Crippen molar-refractivity contribution in [2.75, 3.05) is 13.7 Å². The number of nitrogens with zero attached hydrogens (tertiary/aromatic N) is 2. The van der Waals surface area contributed by atoms with Crippen molar-refractivity contribution in [3.05, 3.63) is 70.5 Å². The van der Waals surface area contributed by atoms with Gasteiger partial charge in [-0.25, -0.2) is 4.98 Å². The van der Waals surface area contributed by atoms with Gasteiger partial charge in [-0.3, -0.25) is 9.36 Å². The maximum atomic E-state index is 12.9. The van der Waals surface area contributed by atoms with E-state index in [-0.39, 0.29) is 11.6 Å². The number of benzene rings is 2. The van der Waals surface area contributed by atoms with Crippen molar-refractivity contribution in [3.8, 4) is 0 Å². The maximum absolute atomic E-state index is 12.9. The molecule has 1 atom stereocenters. The van der Waals surface area contributed by atoms with Crippen LogP contribution in [-0.2, 0) is 10.5 Å². The standard InChI is InChI=1S/C19H20N2O2S/c1-14(12-23-2)21-18(22)16-10-6-7-11-17(16)20-19(21)24-13-15-8-4-3-5-9-15/h3-11,14H,12-13H2,1-2H3. The predicted octanol–water partition coefficient (Wildman–Crippen LogP) is 3.90. The van der Waals surface area contributed by atoms with Crippen LogP contribution in [0.1, 0.15) is 18.5 Å². The molecule has 1 heterocycles. The summed E-state index contributed by atoms with van der Waals surface area (Å²) in [6.45, 7) is 2.45. The molecule has 0 aliphatic carbocycles. The van der Waals surface area contributed by atoms with Gasteiger partial charge in [-0.1, -0.05) is 54.2 Å².